The van der Waals surface area contributed by atoms with Gasteiger partial charge in [-0.3, -0.25) is 0 Å². The molecule has 0 radical (unpaired) electrons. The lowest BCUT2D eigenvalue weighted by Gasteiger charge is -2.10. The minimum absolute atomic E-state index is 0.0931. The third-order valence-corrected chi connectivity index (χ3v) is 7.10. The summed E-state index contributed by atoms with van der Waals surface area (Å²) in [6, 6.07) is 14.8. The number of thiazole rings is 1. The molecule has 0 bridgehead atoms. The second-order valence-electron chi connectivity index (χ2n) is 6.31. The molecule has 5 nitrogen and oxygen atoms in total. The second kappa shape index (κ2) is 9.05. The monoisotopic (exact) mass is 435 g/mol. The van der Waals surface area contributed by atoms with Crippen LogP contribution in [0, 0.1) is 0 Å². The van der Waals surface area contributed by atoms with Gasteiger partial charge in [-0.05, 0) is 30.7 Å². The molecule has 0 saturated carbocycles. The molecule has 0 aliphatic rings. The summed E-state index contributed by atoms with van der Waals surface area (Å²) in [5.74, 6) is 0. The first-order chi connectivity index (χ1) is 13.4. The maximum Gasteiger partial charge on any atom is 0.242 e. The zero-order valence-corrected chi connectivity index (χ0v) is 18.1. The molecule has 28 heavy (non-hydrogen) atoms. The number of sulfonamides is 1. The maximum atomic E-state index is 12.6. The summed E-state index contributed by atoms with van der Waals surface area (Å²) in [5.41, 5.74) is 2.51. The Morgan fingerprint density at radius 3 is 2.64 bits per heavy atom. The van der Waals surface area contributed by atoms with Gasteiger partial charge in [0, 0.05) is 24.5 Å². The first kappa shape index (κ1) is 20.8. The Kier molecular flexibility index (Phi) is 6.72. The lowest BCUT2D eigenvalue weighted by atomic mass is 10.2. The molecular weight excluding hydrogens is 414 g/mol. The predicted octanol–water partition coefficient (Wildman–Crippen LogP) is 4.72. The van der Waals surface area contributed by atoms with Gasteiger partial charge in [0.05, 0.1) is 16.4 Å². The zero-order chi connectivity index (χ0) is 20.1. The van der Waals surface area contributed by atoms with E-state index >= 15 is 0 Å². The number of unbranched alkanes of at least 4 members (excludes halogenated alkanes) is 1. The number of hydrogen-bond acceptors (Lipinski definition) is 4. The fourth-order valence-electron chi connectivity index (χ4n) is 2.68. The maximum absolute atomic E-state index is 12.6. The van der Waals surface area contributed by atoms with Crippen molar-refractivity contribution in [2.24, 2.45) is 12.0 Å². The molecule has 1 heterocycles. The Labute approximate surface area is 174 Å². The molecule has 0 saturated heterocycles. The van der Waals surface area contributed by atoms with Crippen LogP contribution in [0.3, 0.4) is 0 Å². The van der Waals surface area contributed by atoms with Crippen LogP contribution in [0.25, 0.3) is 11.3 Å². The normalized spacial score (nSPS) is 12.5. The van der Waals surface area contributed by atoms with E-state index in [1.54, 1.807) is 12.1 Å². The molecule has 148 valence electrons. The standard InChI is InChI=1S/C20H22ClN3O2S2/c1-3-4-12-22-28(25,26)19-13-15(10-11-17(19)21)18-14-27-20(24(18)2)23-16-8-6-5-7-9-16/h5-11,13-14,22H,3-4,12H2,1-2H3. The van der Waals surface area contributed by atoms with Crippen LogP contribution in [0.4, 0.5) is 5.69 Å². The topological polar surface area (TPSA) is 63.5 Å². The molecule has 8 heteroatoms. The highest BCUT2D eigenvalue weighted by molar-refractivity contribution is 7.89. The van der Waals surface area contributed by atoms with Gasteiger partial charge in [-0.2, -0.15) is 0 Å². The van der Waals surface area contributed by atoms with Crippen LogP contribution in [0.2, 0.25) is 5.02 Å². The van der Waals surface area contributed by atoms with Crippen LogP contribution in [0.15, 0.2) is 63.8 Å². The van der Waals surface area contributed by atoms with Gasteiger partial charge >= 0.3 is 0 Å². The fourth-order valence-corrected chi connectivity index (χ4v) is 5.20. The Balaban J connectivity index is 1.99. The van der Waals surface area contributed by atoms with Gasteiger partial charge in [0.25, 0.3) is 0 Å². The smallest absolute Gasteiger partial charge is 0.242 e. The van der Waals surface area contributed by atoms with E-state index in [2.05, 4.69) is 9.71 Å². The van der Waals surface area contributed by atoms with E-state index in [0.29, 0.717) is 6.54 Å². The number of para-hydroxylation sites is 1. The number of benzene rings is 2. The number of rotatable bonds is 7. The molecular formula is C20H22ClN3O2S2. The SMILES string of the molecule is CCCCNS(=O)(=O)c1cc(-c2csc(=Nc3ccccc3)n2C)ccc1Cl. The van der Waals surface area contributed by atoms with Crippen molar-refractivity contribution in [1.29, 1.82) is 0 Å². The van der Waals surface area contributed by atoms with Crippen molar-refractivity contribution in [2.75, 3.05) is 6.54 Å². The number of halogens is 1. The number of nitrogens with zero attached hydrogens (tertiary/aromatic N) is 2. The highest BCUT2D eigenvalue weighted by Gasteiger charge is 2.19. The largest absolute Gasteiger partial charge is 0.320 e. The Morgan fingerprint density at radius 1 is 1.18 bits per heavy atom. The van der Waals surface area contributed by atoms with E-state index < -0.39 is 10.0 Å². The molecule has 0 atom stereocenters. The van der Waals surface area contributed by atoms with E-state index in [-0.39, 0.29) is 9.92 Å². The van der Waals surface area contributed by atoms with Crippen molar-refractivity contribution < 1.29 is 8.42 Å². The lowest BCUT2D eigenvalue weighted by Crippen LogP contribution is -2.25. The van der Waals surface area contributed by atoms with Gasteiger partial charge in [-0.25, -0.2) is 18.1 Å². The van der Waals surface area contributed by atoms with Crippen molar-refractivity contribution in [3.05, 3.63) is 63.7 Å². The Hall–Kier alpha value is -1.93. The molecule has 0 spiro atoms. The highest BCUT2D eigenvalue weighted by Crippen LogP contribution is 2.28. The highest BCUT2D eigenvalue weighted by atomic mass is 35.5. The van der Waals surface area contributed by atoms with Crippen LogP contribution in [-0.4, -0.2) is 19.5 Å². The van der Waals surface area contributed by atoms with E-state index in [1.807, 2.05) is 60.3 Å². The quantitative estimate of drug-likeness (QED) is 0.546. The zero-order valence-electron chi connectivity index (χ0n) is 15.7. The van der Waals surface area contributed by atoms with Crippen molar-refractivity contribution in [2.45, 2.75) is 24.7 Å². The van der Waals surface area contributed by atoms with Crippen molar-refractivity contribution >= 4 is 38.6 Å². The van der Waals surface area contributed by atoms with E-state index in [9.17, 15) is 8.42 Å². The summed E-state index contributed by atoms with van der Waals surface area (Å²) in [6.45, 7) is 2.41. The third-order valence-electron chi connectivity index (χ3n) is 4.24. The lowest BCUT2D eigenvalue weighted by molar-refractivity contribution is 0.578. The first-order valence-corrected chi connectivity index (χ1v) is 11.7. The average molecular weight is 436 g/mol. The molecule has 2 aromatic carbocycles. The average Bonchev–Trinajstić information content (AvgIpc) is 3.03. The minimum Gasteiger partial charge on any atom is -0.320 e. The van der Waals surface area contributed by atoms with Crippen molar-refractivity contribution in [1.82, 2.24) is 9.29 Å². The van der Waals surface area contributed by atoms with Crippen LogP contribution in [-0.2, 0) is 17.1 Å². The molecule has 0 fully saturated rings. The number of hydrogen-bond donors (Lipinski definition) is 1. The molecule has 0 aliphatic carbocycles. The molecule has 0 aliphatic heterocycles. The van der Waals surface area contributed by atoms with E-state index in [1.165, 1.54) is 11.3 Å². The van der Waals surface area contributed by atoms with Gasteiger partial charge in [0.1, 0.15) is 4.90 Å². The van der Waals surface area contributed by atoms with Gasteiger partial charge in [-0.1, -0.05) is 49.2 Å². The minimum atomic E-state index is -3.66. The number of nitrogens with one attached hydrogen (secondary N) is 1. The van der Waals surface area contributed by atoms with E-state index in [0.717, 1.165) is 34.6 Å². The summed E-state index contributed by atoms with van der Waals surface area (Å²) >= 11 is 7.69. The summed E-state index contributed by atoms with van der Waals surface area (Å²) in [6.07, 6.45) is 1.69. The van der Waals surface area contributed by atoms with Crippen LogP contribution < -0.4 is 9.52 Å². The first-order valence-electron chi connectivity index (χ1n) is 8.96. The van der Waals surface area contributed by atoms with Crippen LogP contribution in [0.1, 0.15) is 19.8 Å². The van der Waals surface area contributed by atoms with Gasteiger partial charge < -0.3 is 4.57 Å². The van der Waals surface area contributed by atoms with Crippen molar-refractivity contribution in [3.8, 4) is 11.3 Å². The second-order valence-corrected chi connectivity index (χ2v) is 9.29. The van der Waals surface area contributed by atoms with Gasteiger partial charge in [-0.15, -0.1) is 11.3 Å². The molecule has 0 unspecified atom stereocenters. The number of aromatic nitrogens is 1. The Morgan fingerprint density at radius 2 is 1.93 bits per heavy atom. The molecule has 0 amide bonds. The molecule has 3 rings (SSSR count). The van der Waals surface area contributed by atoms with Crippen LogP contribution >= 0.6 is 22.9 Å². The fraction of sp³-hybridized carbons (Fsp3) is 0.250. The van der Waals surface area contributed by atoms with Gasteiger partial charge in [0.2, 0.25) is 10.0 Å². The third kappa shape index (κ3) is 4.72. The molecule has 1 aromatic heterocycles. The molecule has 3 aromatic rings. The van der Waals surface area contributed by atoms with Gasteiger partial charge in [0.15, 0.2) is 4.80 Å². The summed E-state index contributed by atoms with van der Waals surface area (Å²) in [7, 11) is -1.75. The van der Waals surface area contributed by atoms with Crippen molar-refractivity contribution in [3.63, 3.8) is 0 Å². The van der Waals surface area contributed by atoms with Crippen LogP contribution in [0.5, 0.6) is 0 Å². The predicted molar refractivity (Wildman–Crippen MR) is 115 cm³/mol. The molecule has 1 N–H and O–H groups in total. The summed E-state index contributed by atoms with van der Waals surface area (Å²) in [4.78, 5) is 5.56. The summed E-state index contributed by atoms with van der Waals surface area (Å²) in [5, 5.41) is 2.17. The summed E-state index contributed by atoms with van der Waals surface area (Å²) < 4.78 is 29.8. The Bertz CT molecular complexity index is 1120. The van der Waals surface area contributed by atoms with E-state index in [4.69, 9.17) is 11.6 Å².